The van der Waals surface area contributed by atoms with Gasteiger partial charge < -0.3 is 40.2 Å². The number of ketones is 1. The molecule has 9 heterocycles. The van der Waals surface area contributed by atoms with Gasteiger partial charge in [0.1, 0.15) is 23.3 Å². The fourth-order valence-electron chi connectivity index (χ4n) is 9.05. The van der Waals surface area contributed by atoms with E-state index < -0.39 is 81.5 Å². The smallest absolute Gasteiger partial charge is 0.354 e. The summed E-state index contributed by atoms with van der Waals surface area (Å²) in [7, 11) is 3.73. The Hall–Kier alpha value is -10.0. The van der Waals surface area contributed by atoms with E-state index in [1.54, 1.807) is 104 Å². The second kappa shape index (κ2) is 59.2. The first-order valence-corrected chi connectivity index (χ1v) is 35.4. The van der Waals surface area contributed by atoms with E-state index in [0.717, 1.165) is 83.7 Å². The summed E-state index contributed by atoms with van der Waals surface area (Å²) in [6, 6.07) is 63.4. The Balaban J connectivity index is 0.00000140. The van der Waals surface area contributed by atoms with Crippen LogP contribution in [0.2, 0.25) is 0 Å². The molecular weight excluding hydrogens is 2920 g/mol. The molecule has 9 aromatic heterocycles. The fourth-order valence-corrected chi connectivity index (χ4v) is 9.05. The largest absolute Gasteiger partial charge is 0.512 e. The van der Waals surface area contributed by atoms with Gasteiger partial charge in [0.05, 0.1) is 6.61 Å². The van der Waals surface area contributed by atoms with Gasteiger partial charge >= 0.3 is 5.97 Å². The van der Waals surface area contributed by atoms with Crippen molar-refractivity contribution in [2.24, 2.45) is 10.8 Å². The minimum Gasteiger partial charge on any atom is -0.512 e. The normalized spacial score (nSPS) is 10.0. The first-order valence-electron chi connectivity index (χ1n) is 35.4. The van der Waals surface area contributed by atoms with E-state index in [1.807, 2.05) is 103 Å². The number of aliphatic hydroxyl groups is 2. The third-order valence-electron chi connectivity index (χ3n) is 15.2. The number of aromatic nitrogens is 12. The van der Waals surface area contributed by atoms with Gasteiger partial charge in [0.25, 0.3) is 0 Å². The summed E-state index contributed by atoms with van der Waals surface area (Å²) < 4.78 is 159. The maximum absolute atomic E-state index is 13.4. The third-order valence-corrected chi connectivity index (χ3v) is 15.2. The summed E-state index contributed by atoms with van der Waals surface area (Å²) >= 11 is 0. The number of nitrogens with zero attached hydrogens (tertiary/aromatic N) is 13. The molecule has 15 rings (SSSR count). The van der Waals surface area contributed by atoms with Crippen LogP contribution in [0.15, 0.2) is 268 Å². The van der Waals surface area contributed by atoms with Crippen molar-refractivity contribution in [2.45, 2.75) is 48.1 Å². The summed E-state index contributed by atoms with van der Waals surface area (Å²) in [6.07, 6.45) is 18.3. The second-order valence-corrected chi connectivity index (χ2v) is 26.5. The number of hydrogen-bond acceptors (Lipinski definition) is 14. The Bertz CT molecular complexity index is 5530. The minimum atomic E-state index is -0.990. The zero-order chi connectivity index (χ0) is 87.5. The van der Waals surface area contributed by atoms with Crippen molar-refractivity contribution in [3.8, 4) is 62.1 Å². The summed E-state index contributed by atoms with van der Waals surface area (Å²) in [6.45, 7) is 11.0. The van der Waals surface area contributed by atoms with Gasteiger partial charge in [-0.15, -0.1) is 103 Å². The van der Waals surface area contributed by atoms with Gasteiger partial charge in [-0.2, -0.15) is 33.5 Å². The van der Waals surface area contributed by atoms with Crippen LogP contribution < -0.4 is 4.90 Å². The van der Waals surface area contributed by atoms with E-state index in [9.17, 15) is 67.4 Å². The maximum atomic E-state index is 13.4. The molecule has 0 saturated heterocycles. The molecule has 15 aromatic rings. The van der Waals surface area contributed by atoms with E-state index in [0.29, 0.717) is 22.6 Å². The van der Waals surface area contributed by atoms with Crippen molar-refractivity contribution < 1.29 is 218 Å². The molecule has 0 bridgehead atoms. The number of rotatable bonds is 11. The molecule has 37 heteroatoms. The number of aliphatic hydroxyl groups excluding tert-OH is 2. The van der Waals surface area contributed by atoms with E-state index >= 15 is 0 Å². The SMILES string of the molecule is CC(C)(C)C(=O)C=C(O)C(C)(C)C.CN(C)c1ccnc(-c2[c-]cc(F)nc2F)c1.Fc1c[c-]c(-c2ccccn2)c(F)c1.Fc1c[c-]c(-n2cccn2)c(F)c1.Fc1c[c-]c(-n2cccn2)c(F)c1.Fc1c[c-]c(-n2cccn2)c(F)c1.O=C(O)c1ccccn1.OCc1ccnc(-c2[c-]cc(F)cc2F)c1.[Ir].[Ir].[Ir].[Ir].[Ir].[Ir].[Ir].[c-]1ccccc1-c1ccccn1. The Morgan fingerprint density at radius 3 is 1.14 bits per heavy atom. The van der Waals surface area contributed by atoms with Crippen LogP contribution >= 0.6 is 0 Å². The molecule has 0 aliphatic heterocycles. The number of allylic oxidation sites excluding steroid dienone is 2. The number of carboxylic acid groups (broad SMARTS) is 1. The Labute approximate surface area is 819 Å². The number of carbonyl (C=O) groups is 2. The summed E-state index contributed by atoms with van der Waals surface area (Å²) in [5.41, 5.74) is 4.65. The standard InChI is InChI=1S/C12H10F2N3.C12H8F2NO.C11H6F2N.C11H8N.C11H20O2.3C9H5F2N2.C6H5NO2.7Ir/c1-17(2)8-5-6-15-10(7-8)9-3-4-11(13)16-12(9)14;13-9-1-2-10(11(14)6-9)12-5-8(7-16)3-4-15-12;12-8-4-5-9(10(13)7-8)11-3-1-2-6-14-11;1-2-6-10(7-3-1)11-8-4-5-9-12-11;1-10(2,3)8(12)7-9(13)11(4,5)6;3*10-7-2-3-9(8(11)6-7)13-5-1-4-12-13;8-6(9)5-3-1-2-4-7-5;;;;;;;/h4-7H,1-2H3;1,3-6,16H,7H2;1-4,6-7H;1-6,8-9H;7,12H,1-6H3;3*1-2,4-6H;1-4H,(H,8,9);;;;;;;/q4*-1;;3*-1;;;;;;;;. The van der Waals surface area contributed by atoms with Gasteiger partial charge in [-0.25, -0.2) is 18.6 Å². The van der Waals surface area contributed by atoms with E-state index in [2.05, 4.69) is 87.7 Å². The van der Waals surface area contributed by atoms with Crippen molar-refractivity contribution in [3.63, 3.8) is 0 Å². The summed E-state index contributed by atoms with van der Waals surface area (Å²) in [5.74, 6) is -9.34. The van der Waals surface area contributed by atoms with Gasteiger partial charge in [-0.1, -0.05) is 119 Å². The van der Waals surface area contributed by atoms with Crippen LogP contribution in [-0.2, 0) is 152 Å². The Morgan fingerprint density at radius 2 is 0.795 bits per heavy atom. The number of carboxylic acids is 1. The van der Waals surface area contributed by atoms with Gasteiger partial charge in [-0.05, 0) is 100.0 Å². The number of anilines is 1. The van der Waals surface area contributed by atoms with Crippen molar-refractivity contribution >= 4 is 17.4 Å². The number of aromatic carboxylic acids is 1. The van der Waals surface area contributed by atoms with E-state index in [4.69, 9.17) is 10.2 Å². The van der Waals surface area contributed by atoms with Crippen LogP contribution in [-0.4, -0.2) is 100 Å². The molecule has 0 spiro atoms. The zero-order valence-electron chi connectivity index (χ0n) is 67.4. The van der Waals surface area contributed by atoms with Crippen LogP contribution in [0.3, 0.4) is 0 Å². The molecule has 7 radical (unpaired) electrons. The van der Waals surface area contributed by atoms with Crippen molar-refractivity contribution in [1.82, 2.24) is 59.2 Å². The van der Waals surface area contributed by atoms with Crippen LogP contribution in [0.5, 0.6) is 0 Å². The Morgan fingerprint density at radius 1 is 0.402 bits per heavy atom. The maximum Gasteiger partial charge on any atom is 0.354 e. The summed E-state index contributed by atoms with van der Waals surface area (Å²) in [5, 5.41) is 38.2. The molecule has 0 unspecified atom stereocenters. The third kappa shape index (κ3) is 39.6. The second-order valence-electron chi connectivity index (χ2n) is 26.5. The van der Waals surface area contributed by atoms with E-state index in [-0.39, 0.29) is 204 Å². The molecule has 681 valence electrons. The number of benzene rings is 6. The molecule has 6 aromatic carbocycles. The van der Waals surface area contributed by atoms with Gasteiger partial charge in [0.15, 0.2) is 5.78 Å². The molecule has 0 atom stereocenters. The van der Waals surface area contributed by atoms with Crippen LogP contribution in [0.4, 0.5) is 58.4 Å². The van der Waals surface area contributed by atoms with Gasteiger partial charge in [-0.3, -0.25) is 67.7 Å². The quantitative estimate of drug-likeness (QED) is 0.0360. The summed E-state index contributed by atoms with van der Waals surface area (Å²) in [4.78, 5) is 46.3. The fraction of sp³-hybridized carbons (Fsp3) is 0.122. The average Bonchev–Trinajstić information content (AvgIpc) is 1.40. The molecule has 0 saturated carbocycles. The monoisotopic (exact) mass is 2990 g/mol. The van der Waals surface area contributed by atoms with Crippen LogP contribution in [0.25, 0.3) is 62.1 Å². The van der Waals surface area contributed by atoms with Crippen molar-refractivity contribution in [2.75, 3.05) is 19.0 Å². The first kappa shape index (κ1) is 117. The Kier molecular flexibility index (Phi) is 54.5. The van der Waals surface area contributed by atoms with Crippen molar-refractivity contribution in [3.05, 3.63) is 392 Å². The molecule has 0 aliphatic rings. The predicted octanol–water partition coefficient (Wildman–Crippen LogP) is 19.7. The number of carbonyl (C=O) groups excluding carboxylic acids is 1. The minimum absolute atomic E-state index is 0. The predicted molar refractivity (Wildman–Crippen MR) is 425 cm³/mol. The average molecular weight is 2990 g/mol. The molecule has 0 aliphatic carbocycles. The molecule has 3 N–H and O–H groups in total. The first-order chi connectivity index (χ1) is 57.2. The number of pyridine rings is 6. The number of halogens is 12. The molecule has 0 amide bonds. The van der Waals surface area contributed by atoms with E-state index in [1.165, 1.54) is 63.2 Å². The topological polar surface area (TPSA) is 229 Å². The molecule has 18 nitrogen and oxygen atoms in total. The van der Waals surface area contributed by atoms with Crippen molar-refractivity contribution in [1.29, 1.82) is 0 Å². The van der Waals surface area contributed by atoms with Gasteiger partial charge in [0, 0.05) is 304 Å². The molecular formula is C90H72F12Ir7N13O5-7. The zero-order valence-corrected chi connectivity index (χ0v) is 84.1. The number of hydrogen-bond donors (Lipinski definition) is 3. The van der Waals surface area contributed by atoms with Crippen LogP contribution in [0.1, 0.15) is 57.6 Å². The van der Waals surface area contributed by atoms with Crippen LogP contribution in [0, 0.1) is 123 Å². The molecule has 127 heavy (non-hydrogen) atoms. The molecule has 0 fully saturated rings. The van der Waals surface area contributed by atoms with Gasteiger partial charge in [0.2, 0.25) is 0 Å².